The zero-order valence-corrected chi connectivity index (χ0v) is 19.4. The van der Waals surface area contributed by atoms with Gasteiger partial charge in [-0.2, -0.15) is 0 Å². The number of benzene rings is 1. The monoisotopic (exact) mass is 466 g/mol. The second-order valence-electron chi connectivity index (χ2n) is 7.41. The zero-order valence-electron chi connectivity index (χ0n) is 18.6. The van der Waals surface area contributed by atoms with Crippen LogP contribution in [0.4, 0.5) is 0 Å². The molecule has 8 nitrogen and oxygen atoms in total. The molecule has 0 N–H and O–H groups in total. The molecule has 170 valence electrons. The predicted octanol–water partition coefficient (Wildman–Crippen LogP) is 2.63. The summed E-state index contributed by atoms with van der Waals surface area (Å²) >= 11 is 1.22. The summed E-state index contributed by atoms with van der Waals surface area (Å²) in [7, 11) is 0. The van der Waals surface area contributed by atoms with E-state index in [-0.39, 0.29) is 17.7 Å². The predicted molar refractivity (Wildman–Crippen MR) is 122 cm³/mol. The van der Waals surface area contributed by atoms with Crippen LogP contribution in [0.25, 0.3) is 6.08 Å². The van der Waals surface area contributed by atoms with Crippen molar-refractivity contribution in [3.8, 4) is 5.75 Å². The van der Waals surface area contributed by atoms with E-state index in [1.165, 1.54) is 22.8 Å². The smallest absolute Gasteiger partial charge is 0.338 e. The Kier molecular flexibility index (Phi) is 6.15. The summed E-state index contributed by atoms with van der Waals surface area (Å²) in [5.41, 5.74) is 1.12. The van der Waals surface area contributed by atoms with Crippen molar-refractivity contribution in [2.45, 2.75) is 33.7 Å². The Morgan fingerprint density at radius 1 is 1.18 bits per heavy atom. The number of ether oxygens (including phenoxy) is 2. The first kappa shape index (κ1) is 22.5. The van der Waals surface area contributed by atoms with Crippen molar-refractivity contribution >= 4 is 29.4 Å². The average Bonchev–Trinajstić information content (AvgIpc) is 3.30. The number of furan rings is 1. The number of allylic oxidation sites excluding steroid dienone is 1. The van der Waals surface area contributed by atoms with Crippen LogP contribution >= 0.6 is 11.3 Å². The normalized spacial score (nSPS) is 15.8. The number of hydrogen-bond donors (Lipinski definition) is 0. The van der Waals surface area contributed by atoms with Gasteiger partial charge in [-0.1, -0.05) is 23.5 Å². The van der Waals surface area contributed by atoms with Crippen LogP contribution in [0.1, 0.15) is 43.9 Å². The molecule has 3 aromatic rings. The Hall–Kier alpha value is -3.72. The van der Waals surface area contributed by atoms with Gasteiger partial charge in [0.25, 0.3) is 5.56 Å². The quantitative estimate of drug-likeness (QED) is 0.423. The first-order valence-corrected chi connectivity index (χ1v) is 11.1. The van der Waals surface area contributed by atoms with E-state index in [0.29, 0.717) is 32.1 Å². The van der Waals surface area contributed by atoms with Crippen LogP contribution in [0.3, 0.4) is 0 Å². The highest BCUT2D eigenvalue weighted by molar-refractivity contribution is 7.07. The maximum Gasteiger partial charge on any atom is 0.338 e. The Balaban J connectivity index is 1.90. The summed E-state index contributed by atoms with van der Waals surface area (Å²) in [6.45, 7) is 6.78. The molecule has 1 aliphatic rings. The molecule has 0 bridgehead atoms. The lowest BCUT2D eigenvalue weighted by atomic mass is 9.96. The van der Waals surface area contributed by atoms with Gasteiger partial charge >= 0.3 is 11.9 Å². The minimum Gasteiger partial charge on any atom is -0.463 e. The van der Waals surface area contributed by atoms with Gasteiger partial charge in [-0.05, 0) is 50.6 Å². The van der Waals surface area contributed by atoms with Gasteiger partial charge in [0.05, 0.1) is 28.5 Å². The third-order valence-electron chi connectivity index (χ3n) is 5.01. The van der Waals surface area contributed by atoms with Gasteiger partial charge in [0.2, 0.25) is 0 Å². The van der Waals surface area contributed by atoms with Crippen molar-refractivity contribution in [2.75, 3.05) is 6.61 Å². The Labute approximate surface area is 193 Å². The highest BCUT2D eigenvalue weighted by atomic mass is 32.1. The van der Waals surface area contributed by atoms with Crippen molar-refractivity contribution in [3.05, 3.63) is 84.4 Å². The minimum atomic E-state index is -0.743. The molecule has 0 spiro atoms. The molecule has 0 saturated carbocycles. The van der Waals surface area contributed by atoms with E-state index in [9.17, 15) is 14.4 Å². The van der Waals surface area contributed by atoms with E-state index in [1.807, 2.05) is 13.0 Å². The third kappa shape index (κ3) is 4.45. The van der Waals surface area contributed by atoms with E-state index in [1.54, 1.807) is 50.3 Å². The molecule has 0 fully saturated rings. The van der Waals surface area contributed by atoms with Crippen LogP contribution < -0.4 is 19.6 Å². The Morgan fingerprint density at radius 3 is 2.52 bits per heavy atom. The highest BCUT2D eigenvalue weighted by Gasteiger charge is 2.33. The zero-order chi connectivity index (χ0) is 23.7. The molecule has 1 atom stereocenters. The molecule has 0 unspecified atom stereocenters. The van der Waals surface area contributed by atoms with Crippen LogP contribution in [0.5, 0.6) is 5.75 Å². The maximum absolute atomic E-state index is 13.5. The average molecular weight is 467 g/mol. The number of nitrogens with zero attached hydrogens (tertiary/aromatic N) is 2. The third-order valence-corrected chi connectivity index (χ3v) is 5.99. The molecule has 1 aliphatic heterocycles. The molecule has 2 aromatic heterocycles. The molecule has 33 heavy (non-hydrogen) atoms. The molecule has 9 heteroatoms. The van der Waals surface area contributed by atoms with Gasteiger partial charge in [-0.15, -0.1) is 0 Å². The Morgan fingerprint density at radius 2 is 1.91 bits per heavy atom. The molecule has 0 amide bonds. The van der Waals surface area contributed by atoms with Crippen LogP contribution in [-0.2, 0) is 14.3 Å². The molecule has 4 rings (SSSR count). The standard InChI is InChI=1S/C24H22N2O6S/c1-5-30-23(29)20-14(3)25-24-26(21(20)16-7-10-17(11-8-16)32-15(4)27)22(28)19(33-24)12-18-9-6-13(2)31-18/h6-12,21H,5H2,1-4H3/b19-12-/t21-/m0/s1. The van der Waals surface area contributed by atoms with E-state index < -0.39 is 18.0 Å². The van der Waals surface area contributed by atoms with Crippen LogP contribution in [-0.4, -0.2) is 23.1 Å². The topological polar surface area (TPSA) is 100 Å². The number of hydrogen-bond acceptors (Lipinski definition) is 8. The number of carbonyl (C=O) groups is 2. The number of aryl methyl sites for hydroxylation is 1. The lowest BCUT2D eigenvalue weighted by Crippen LogP contribution is -2.39. The number of rotatable bonds is 5. The molecule has 3 heterocycles. The van der Waals surface area contributed by atoms with E-state index in [2.05, 4.69) is 4.99 Å². The largest absolute Gasteiger partial charge is 0.463 e. The SMILES string of the molecule is CCOC(=O)C1=C(C)N=c2s/c(=C\c3ccc(C)o3)c(=O)n2[C@H]1c1ccc(OC(C)=O)cc1. The number of carbonyl (C=O) groups excluding carboxylic acids is 2. The first-order chi connectivity index (χ1) is 15.8. The summed E-state index contributed by atoms with van der Waals surface area (Å²) < 4.78 is 17.9. The summed E-state index contributed by atoms with van der Waals surface area (Å²) in [5.74, 6) is 0.683. The van der Waals surface area contributed by atoms with Crippen LogP contribution in [0.15, 0.2) is 61.9 Å². The highest BCUT2D eigenvalue weighted by Crippen LogP contribution is 2.31. The summed E-state index contributed by atoms with van der Waals surface area (Å²) in [6, 6.07) is 9.54. The second-order valence-corrected chi connectivity index (χ2v) is 8.42. The summed E-state index contributed by atoms with van der Waals surface area (Å²) in [5, 5.41) is 0. The molecule has 0 radical (unpaired) electrons. The molecule has 1 aromatic carbocycles. The number of thiazole rings is 1. The lowest BCUT2D eigenvalue weighted by Gasteiger charge is -2.24. The van der Waals surface area contributed by atoms with Crippen molar-refractivity contribution in [2.24, 2.45) is 4.99 Å². The summed E-state index contributed by atoms with van der Waals surface area (Å²) in [6.07, 6.45) is 1.67. The van der Waals surface area contributed by atoms with Crippen molar-refractivity contribution in [1.82, 2.24) is 4.57 Å². The van der Waals surface area contributed by atoms with Crippen molar-refractivity contribution < 1.29 is 23.5 Å². The number of esters is 2. The number of aromatic nitrogens is 1. The fraction of sp³-hybridized carbons (Fsp3) is 0.250. The summed E-state index contributed by atoms with van der Waals surface area (Å²) in [4.78, 5) is 42.6. The molecular weight excluding hydrogens is 444 g/mol. The molecular formula is C24H22N2O6S. The van der Waals surface area contributed by atoms with Crippen LogP contribution in [0, 0.1) is 6.92 Å². The van der Waals surface area contributed by atoms with E-state index in [4.69, 9.17) is 13.9 Å². The van der Waals surface area contributed by atoms with Gasteiger partial charge in [0.15, 0.2) is 4.80 Å². The molecule has 0 aliphatic carbocycles. The van der Waals surface area contributed by atoms with E-state index >= 15 is 0 Å². The van der Waals surface area contributed by atoms with Gasteiger partial charge in [-0.25, -0.2) is 9.79 Å². The van der Waals surface area contributed by atoms with E-state index in [0.717, 1.165) is 5.76 Å². The lowest BCUT2D eigenvalue weighted by molar-refractivity contribution is -0.139. The first-order valence-electron chi connectivity index (χ1n) is 10.3. The van der Waals surface area contributed by atoms with Gasteiger partial charge in [-0.3, -0.25) is 14.2 Å². The van der Waals surface area contributed by atoms with Gasteiger partial charge in [0, 0.05) is 13.0 Å². The van der Waals surface area contributed by atoms with Crippen molar-refractivity contribution in [3.63, 3.8) is 0 Å². The second kappa shape index (κ2) is 9.03. The van der Waals surface area contributed by atoms with Crippen LogP contribution in [0.2, 0.25) is 0 Å². The van der Waals surface area contributed by atoms with Crippen molar-refractivity contribution in [1.29, 1.82) is 0 Å². The molecule has 0 saturated heterocycles. The van der Waals surface area contributed by atoms with Gasteiger partial charge in [0.1, 0.15) is 17.3 Å². The minimum absolute atomic E-state index is 0.190. The van der Waals surface area contributed by atoms with Gasteiger partial charge < -0.3 is 13.9 Å². The fourth-order valence-corrected chi connectivity index (χ4v) is 4.68. The number of fused-ring (bicyclic) bond motifs is 1. The fourth-order valence-electron chi connectivity index (χ4n) is 3.65. The maximum atomic E-state index is 13.5. The Bertz CT molecular complexity index is 1440.